The summed E-state index contributed by atoms with van der Waals surface area (Å²) < 4.78 is 44.4. The summed E-state index contributed by atoms with van der Waals surface area (Å²) in [6, 6.07) is 13.5. The normalized spacial score (nSPS) is 12.1. The highest BCUT2D eigenvalue weighted by molar-refractivity contribution is 6.00. The standard InChI is InChI=1S/C26H23F3N2O3/c1-2-34-22-12-8-19(9-13-22)23(18-6-10-21(11-7-18)26(27,28)29)4-3-5-25(33)31-24-14-15-30-16-20(24)17-32/h3-16,32H,2,17H2,1H3,(H,30,31,33). The van der Waals surface area contributed by atoms with Gasteiger partial charge in [0.05, 0.1) is 18.8 Å². The van der Waals surface area contributed by atoms with E-state index in [1.54, 1.807) is 36.4 Å². The number of ether oxygens (including phenoxy) is 1. The molecular formula is C26H23F3N2O3. The van der Waals surface area contributed by atoms with E-state index in [0.717, 1.165) is 17.7 Å². The number of rotatable bonds is 8. The molecule has 3 aromatic rings. The van der Waals surface area contributed by atoms with Crippen LogP contribution < -0.4 is 10.1 Å². The minimum atomic E-state index is -4.43. The van der Waals surface area contributed by atoms with Gasteiger partial charge in [-0.3, -0.25) is 9.78 Å². The predicted molar refractivity (Wildman–Crippen MR) is 124 cm³/mol. The Bertz CT molecular complexity index is 1170. The summed E-state index contributed by atoms with van der Waals surface area (Å²) in [4.78, 5) is 16.2. The van der Waals surface area contributed by atoms with Gasteiger partial charge in [0.15, 0.2) is 0 Å². The highest BCUT2D eigenvalue weighted by atomic mass is 19.4. The average molecular weight is 468 g/mol. The molecule has 5 nitrogen and oxygen atoms in total. The largest absolute Gasteiger partial charge is 0.494 e. The highest BCUT2D eigenvalue weighted by Crippen LogP contribution is 2.32. The zero-order chi connectivity index (χ0) is 24.6. The second-order valence-corrected chi connectivity index (χ2v) is 7.15. The van der Waals surface area contributed by atoms with Gasteiger partial charge in [0.2, 0.25) is 5.91 Å². The molecule has 2 aromatic carbocycles. The number of nitrogens with zero attached hydrogens (tertiary/aromatic N) is 1. The number of carbonyl (C=O) groups excluding carboxylic acids is 1. The van der Waals surface area contributed by atoms with Gasteiger partial charge in [-0.05, 0) is 54.0 Å². The lowest BCUT2D eigenvalue weighted by Crippen LogP contribution is -2.10. The number of aromatic nitrogens is 1. The van der Waals surface area contributed by atoms with Gasteiger partial charge in [0, 0.05) is 29.7 Å². The van der Waals surface area contributed by atoms with E-state index in [-0.39, 0.29) is 6.61 Å². The van der Waals surface area contributed by atoms with Gasteiger partial charge >= 0.3 is 6.18 Å². The summed E-state index contributed by atoms with van der Waals surface area (Å²) >= 11 is 0. The minimum Gasteiger partial charge on any atom is -0.494 e. The number of benzene rings is 2. The highest BCUT2D eigenvalue weighted by Gasteiger charge is 2.30. The molecule has 1 amide bonds. The summed E-state index contributed by atoms with van der Waals surface area (Å²) in [5.41, 5.74) is 2.09. The van der Waals surface area contributed by atoms with Crippen LogP contribution in [0, 0.1) is 0 Å². The summed E-state index contributed by atoms with van der Waals surface area (Å²) in [5, 5.41) is 12.0. The van der Waals surface area contributed by atoms with Crippen molar-refractivity contribution in [2.45, 2.75) is 19.7 Å². The maximum Gasteiger partial charge on any atom is 0.416 e. The summed E-state index contributed by atoms with van der Waals surface area (Å²) in [7, 11) is 0. The zero-order valence-corrected chi connectivity index (χ0v) is 18.3. The quantitative estimate of drug-likeness (QED) is 0.333. The van der Waals surface area contributed by atoms with E-state index in [1.807, 2.05) is 6.92 Å². The van der Waals surface area contributed by atoms with Gasteiger partial charge in [-0.2, -0.15) is 13.2 Å². The molecule has 0 saturated heterocycles. The maximum absolute atomic E-state index is 13.0. The van der Waals surface area contributed by atoms with Crippen LogP contribution in [0.15, 0.2) is 85.2 Å². The van der Waals surface area contributed by atoms with E-state index in [2.05, 4.69) is 10.3 Å². The number of aliphatic hydroxyl groups excluding tert-OH is 1. The van der Waals surface area contributed by atoms with E-state index in [9.17, 15) is 23.1 Å². The molecule has 3 rings (SSSR count). The molecule has 1 heterocycles. The number of aliphatic hydroxyl groups is 1. The van der Waals surface area contributed by atoms with Crippen LogP contribution in [0.5, 0.6) is 5.75 Å². The molecule has 0 aliphatic heterocycles. The Morgan fingerprint density at radius 2 is 1.71 bits per heavy atom. The van der Waals surface area contributed by atoms with Gasteiger partial charge in [-0.25, -0.2) is 0 Å². The second kappa shape index (κ2) is 11.3. The lowest BCUT2D eigenvalue weighted by atomic mass is 9.96. The van der Waals surface area contributed by atoms with Crippen LogP contribution in [0.4, 0.5) is 18.9 Å². The molecule has 0 atom stereocenters. The Kier molecular flexibility index (Phi) is 8.21. The van der Waals surface area contributed by atoms with E-state index in [1.165, 1.54) is 36.7 Å². The minimum absolute atomic E-state index is 0.275. The number of alkyl halides is 3. The monoisotopic (exact) mass is 468 g/mol. The molecule has 0 spiro atoms. The molecule has 0 fully saturated rings. The fourth-order valence-corrected chi connectivity index (χ4v) is 3.18. The maximum atomic E-state index is 13.0. The van der Waals surface area contributed by atoms with Gasteiger partial charge in [0.1, 0.15) is 5.75 Å². The number of amides is 1. The molecular weight excluding hydrogens is 445 g/mol. The van der Waals surface area contributed by atoms with Crippen molar-refractivity contribution >= 4 is 17.2 Å². The fourth-order valence-electron chi connectivity index (χ4n) is 3.18. The number of hydrogen-bond acceptors (Lipinski definition) is 4. The van der Waals surface area contributed by atoms with Crippen molar-refractivity contribution < 1.29 is 27.8 Å². The molecule has 176 valence electrons. The van der Waals surface area contributed by atoms with E-state index < -0.39 is 17.6 Å². The first-order valence-corrected chi connectivity index (χ1v) is 10.5. The Labute approximate surface area is 195 Å². The number of carbonyl (C=O) groups is 1. The second-order valence-electron chi connectivity index (χ2n) is 7.15. The van der Waals surface area contributed by atoms with Crippen molar-refractivity contribution in [1.82, 2.24) is 4.98 Å². The van der Waals surface area contributed by atoms with Crippen LogP contribution in [-0.4, -0.2) is 22.6 Å². The summed E-state index contributed by atoms with van der Waals surface area (Å²) in [5.74, 6) is 0.237. The first-order valence-electron chi connectivity index (χ1n) is 10.5. The molecule has 34 heavy (non-hydrogen) atoms. The third kappa shape index (κ3) is 6.55. The van der Waals surface area contributed by atoms with Crippen LogP contribution >= 0.6 is 0 Å². The third-order valence-electron chi connectivity index (χ3n) is 4.84. The summed E-state index contributed by atoms with van der Waals surface area (Å²) in [6.07, 6.45) is 2.97. The van der Waals surface area contributed by atoms with Gasteiger partial charge < -0.3 is 15.2 Å². The number of nitrogens with one attached hydrogen (secondary N) is 1. The third-order valence-corrected chi connectivity index (χ3v) is 4.84. The molecule has 8 heteroatoms. The Morgan fingerprint density at radius 1 is 1.06 bits per heavy atom. The van der Waals surface area contributed by atoms with Gasteiger partial charge in [0.25, 0.3) is 0 Å². The van der Waals surface area contributed by atoms with Crippen LogP contribution in [0.1, 0.15) is 29.2 Å². The lowest BCUT2D eigenvalue weighted by molar-refractivity contribution is -0.137. The number of allylic oxidation sites excluding steroid dienone is 2. The molecule has 0 aliphatic carbocycles. The Hall–Kier alpha value is -3.91. The molecule has 0 saturated carbocycles. The van der Waals surface area contributed by atoms with E-state index >= 15 is 0 Å². The van der Waals surface area contributed by atoms with Crippen molar-refractivity contribution in [2.24, 2.45) is 0 Å². The van der Waals surface area contributed by atoms with Crippen molar-refractivity contribution in [1.29, 1.82) is 0 Å². The van der Waals surface area contributed by atoms with E-state index in [4.69, 9.17) is 4.74 Å². The number of anilines is 1. The fraction of sp³-hybridized carbons (Fsp3) is 0.154. The smallest absolute Gasteiger partial charge is 0.416 e. The first kappa shape index (κ1) is 24.7. The van der Waals surface area contributed by atoms with Crippen LogP contribution in [0.2, 0.25) is 0 Å². The Balaban J connectivity index is 1.88. The van der Waals surface area contributed by atoms with Gasteiger partial charge in [-0.15, -0.1) is 0 Å². The van der Waals surface area contributed by atoms with Crippen LogP contribution in [0.25, 0.3) is 5.57 Å². The number of hydrogen-bond donors (Lipinski definition) is 2. The van der Waals surface area contributed by atoms with Crippen molar-refractivity contribution in [3.05, 3.63) is 107 Å². The molecule has 0 unspecified atom stereocenters. The van der Waals surface area contributed by atoms with Crippen molar-refractivity contribution in [3.8, 4) is 5.75 Å². The first-order chi connectivity index (χ1) is 16.3. The van der Waals surface area contributed by atoms with Gasteiger partial charge in [-0.1, -0.05) is 36.4 Å². The molecule has 2 N–H and O–H groups in total. The zero-order valence-electron chi connectivity index (χ0n) is 18.3. The lowest BCUT2D eigenvalue weighted by Gasteiger charge is -2.12. The predicted octanol–water partition coefficient (Wildman–Crippen LogP) is 5.62. The van der Waals surface area contributed by atoms with Crippen LogP contribution in [0.3, 0.4) is 0 Å². The van der Waals surface area contributed by atoms with Crippen molar-refractivity contribution in [2.75, 3.05) is 11.9 Å². The molecule has 0 bridgehead atoms. The number of halogens is 3. The molecule has 0 aliphatic rings. The summed E-state index contributed by atoms with van der Waals surface area (Å²) in [6.45, 7) is 2.10. The average Bonchev–Trinajstić information content (AvgIpc) is 2.83. The van der Waals surface area contributed by atoms with Crippen molar-refractivity contribution in [3.63, 3.8) is 0 Å². The number of pyridine rings is 1. The molecule has 1 aromatic heterocycles. The van der Waals surface area contributed by atoms with Crippen LogP contribution in [-0.2, 0) is 17.6 Å². The van der Waals surface area contributed by atoms with E-state index in [0.29, 0.717) is 34.7 Å². The molecule has 0 radical (unpaired) electrons. The topological polar surface area (TPSA) is 71.5 Å². The SMILES string of the molecule is CCOc1ccc(C(=CC=CC(=O)Nc2ccncc2CO)c2ccc(C(F)(F)F)cc2)cc1. The Morgan fingerprint density at radius 3 is 2.29 bits per heavy atom.